The molecular formula is C11H9N3O3S. The van der Waals surface area contributed by atoms with Crippen LogP contribution in [0.25, 0.3) is 0 Å². The molecule has 0 unspecified atom stereocenters. The summed E-state index contributed by atoms with van der Waals surface area (Å²) in [6.45, 7) is 0.248. The van der Waals surface area contributed by atoms with Crippen molar-refractivity contribution in [3.8, 4) is 0 Å². The molecule has 0 spiro atoms. The van der Waals surface area contributed by atoms with Gasteiger partial charge in [0.05, 0.1) is 23.3 Å². The fourth-order valence-corrected chi connectivity index (χ4v) is 1.90. The van der Waals surface area contributed by atoms with E-state index in [1.165, 1.54) is 29.7 Å². The van der Waals surface area contributed by atoms with Crippen molar-refractivity contribution >= 4 is 23.2 Å². The van der Waals surface area contributed by atoms with E-state index in [1.54, 1.807) is 10.9 Å². The van der Waals surface area contributed by atoms with Gasteiger partial charge in [-0.1, -0.05) is 0 Å². The van der Waals surface area contributed by atoms with Gasteiger partial charge in [-0.05, 0) is 12.1 Å². The lowest BCUT2D eigenvalue weighted by Gasteiger charge is -2.05. The summed E-state index contributed by atoms with van der Waals surface area (Å²) in [4.78, 5) is 30.5. The molecule has 0 radical (unpaired) electrons. The molecule has 2 aromatic rings. The first kappa shape index (κ1) is 12.2. The third-order valence-electron chi connectivity index (χ3n) is 2.17. The van der Waals surface area contributed by atoms with Crippen LogP contribution in [0.4, 0.5) is 0 Å². The number of amides is 1. The highest BCUT2D eigenvalue weighted by molar-refractivity contribution is 7.07. The summed E-state index contributed by atoms with van der Waals surface area (Å²) in [6.07, 6.45) is 1.38. The Morgan fingerprint density at radius 1 is 1.39 bits per heavy atom. The molecule has 0 aliphatic rings. The average molecular weight is 263 g/mol. The van der Waals surface area contributed by atoms with E-state index in [9.17, 15) is 9.59 Å². The van der Waals surface area contributed by atoms with Crippen LogP contribution in [0.5, 0.6) is 0 Å². The van der Waals surface area contributed by atoms with Gasteiger partial charge in [-0.25, -0.2) is 9.78 Å². The van der Waals surface area contributed by atoms with Gasteiger partial charge in [0.25, 0.3) is 5.91 Å². The van der Waals surface area contributed by atoms with Crippen molar-refractivity contribution in [3.63, 3.8) is 0 Å². The number of carbonyl (C=O) groups excluding carboxylic acids is 1. The molecule has 2 heterocycles. The molecule has 6 nitrogen and oxygen atoms in total. The Kier molecular flexibility index (Phi) is 3.63. The van der Waals surface area contributed by atoms with Crippen molar-refractivity contribution in [1.82, 2.24) is 15.3 Å². The molecule has 2 N–H and O–H groups in total. The van der Waals surface area contributed by atoms with E-state index < -0.39 is 11.9 Å². The van der Waals surface area contributed by atoms with Crippen LogP contribution >= 0.6 is 11.3 Å². The van der Waals surface area contributed by atoms with Crippen LogP contribution in [0, 0.1) is 0 Å². The zero-order chi connectivity index (χ0) is 13.0. The van der Waals surface area contributed by atoms with Gasteiger partial charge in [0.1, 0.15) is 5.69 Å². The normalized spacial score (nSPS) is 10.0. The third-order valence-corrected chi connectivity index (χ3v) is 2.80. The maximum absolute atomic E-state index is 11.8. The van der Waals surface area contributed by atoms with Gasteiger partial charge >= 0.3 is 5.97 Å². The number of thiazole rings is 1. The van der Waals surface area contributed by atoms with E-state index in [1.807, 2.05) is 0 Å². The third kappa shape index (κ3) is 2.69. The minimum Gasteiger partial charge on any atom is -0.478 e. The number of hydrogen-bond acceptors (Lipinski definition) is 5. The first-order chi connectivity index (χ1) is 8.68. The Balaban J connectivity index is 2.11. The zero-order valence-electron chi connectivity index (χ0n) is 9.16. The number of carboxylic acids is 1. The Morgan fingerprint density at radius 2 is 2.22 bits per heavy atom. The smallest absolute Gasteiger partial charge is 0.338 e. The van der Waals surface area contributed by atoms with Crippen LogP contribution in [-0.2, 0) is 6.54 Å². The quantitative estimate of drug-likeness (QED) is 0.863. The molecule has 7 heteroatoms. The van der Waals surface area contributed by atoms with Crippen molar-refractivity contribution < 1.29 is 14.7 Å². The molecule has 18 heavy (non-hydrogen) atoms. The molecule has 0 saturated heterocycles. The van der Waals surface area contributed by atoms with Crippen molar-refractivity contribution in [2.24, 2.45) is 0 Å². The molecule has 2 aromatic heterocycles. The molecule has 2 rings (SSSR count). The van der Waals surface area contributed by atoms with Gasteiger partial charge in [-0.15, -0.1) is 11.3 Å². The summed E-state index contributed by atoms with van der Waals surface area (Å²) < 4.78 is 0. The Hall–Kier alpha value is -2.28. The lowest BCUT2D eigenvalue weighted by Crippen LogP contribution is -2.26. The molecule has 92 valence electrons. The standard InChI is InChI=1S/C11H9N3O3S/c15-10(13-4-7-5-18-6-14-7)9-8(11(16)17)2-1-3-12-9/h1-3,5-6H,4H2,(H,13,15)(H,16,17). The second-order valence-corrected chi connectivity index (χ2v) is 4.09. The second-order valence-electron chi connectivity index (χ2n) is 3.37. The molecule has 0 aliphatic carbocycles. The van der Waals surface area contributed by atoms with Crippen molar-refractivity contribution in [2.75, 3.05) is 0 Å². The van der Waals surface area contributed by atoms with Crippen molar-refractivity contribution in [1.29, 1.82) is 0 Å². The number of aromatic carboxylic acids is 1. The summed E-state index contributed by atoms with van der Waals surface area (Å²) in [5.41, 5.74) is 2.17. The molecule has 0 atom stereocenters. The van der Waals surface area contributed by atoms with Gasteiger partial charge < -0.3 is 10.4 Å². The molecule has 0 aliphatic heterocycles. The van der Waals surface area contributed by atoms with Crippen molar-refractivity contribution in [3.05, 3.63) is 46.2 Å². The zero-order valence-corrected chi connectivity index (χ0v) is 9.98. The van der Waals surface area contributed by atoms with E-state index in [4.69, 9.17) is 5.11 Å². The molecule has 0 bridgehead atoms. The molecule has 0 aromatic carbocycles. The van der Waals surface area contributed by atoms with Gasteiger partial charge in [0.2, 0.25) is 0 Å². The van der Waals surface area contributed by atoms with Gasteiger partial charge in [-0.3, -0.25) is 9.78 Å². The minimum atomic E-state index is -1.18. The van der Waals surface area contributed by atoms with Crippen LogP contribution in [0.15, 0.2) is 29.2 Å². The molecule has 0 fully saturated rings. The van der Waals surface area contributed by atoms with E-state index in [2.05, 4.69) is 15.3 Å². The number of aromatic nitrogens is 2. The number of nitrogens with one attached hydrogen (secondary N) is 1. The summed E-state index contributed by atoms with van der Waals surface area (Å²) in [5.74, 6) is -1.71. The topological polar surface area (TPSA) is 92.2 Å². The van der Waals surface area contributed by atoms with Crippen LogP contribution in [-0.4, -0.2) is 27.0 Å². The second kappa shape index (κ2) is 5.37. The van der Waals surface area contributed by atoms with Crippen LogP contribution in [0.1, 0.15) is 26.5 Å². The SMILES string of the molecule is O=C(O)c1cccnc1C(=O)NCc1cscn1. The summed E-state index contributed by atoms with van der Waals surface area (Å²) in [7, 11) is 0. The van der Waals surface area contributed by atoms with Crippen LogP contribution in [0.3, 0.4) is 0 Å². The fourth-order valence-electron chi connectivity index (χ4n) is 1.34. The van der Waals surface area contributed by atoms with E-state index >= 15 is 0 Å². The van der Waals surface area contributed by atoms with E-state index in [0.29, 0.717) is 0 Å². The molecule has 1 amide bonds. The molecular weight excluding hydrogens is 254 g/mol. The van der Waals surface area contributed by atoms with Gasteiger partial charge in [-0.2, -0.15) is 0 Å². The highest BCUT2D eigenvalue weighted by Crippen LogP contribution is 2.06. The predicted molar refractivity (Wildman–Crippen MR) is 64.5 cm³/mol. The lowest BCUT2D eigenvalue weighted by atomic mass is 10.2. The number of hydrogen-bond donors (Lipinski definition) is 2. The first-order valence-electron chi connectivity index (χ1n) is 5.02. The highest BCUT2D eigenvalue weighted by atomic mass is 32.1. The Bertz CT molecular complexity index is 569. The minimum absolute atomic E-state index is 0.0970. The van der Waals surface area contributed by atoms with Crippen LogP contribution < -0.4 is 5.32 Å². The Morgan fingerprint density at radius 3 is 2.89 bits per heavy atom. The number of nitrogens with zero attached hydrogens (tertiary/aromatic N) is 2. The number of rotatable bonds is 4. The average Bonchev–Trinajstić information content (AvgIpc) is 2.89. The summed E-state index contributed by atoms with van der Waals surface area (Å²) in [5, 5.41) is 13.3. The number of carbonyl (C=O) groups is 2. The number of carboxylic acid groups (broad SMARTS) is 1. The van der Waals surface area contributed by atoms with Crippen molar-refractivity contribution in [2.45, 2.75) is 6.54 Å². The van der Waals surface area contributed by atoms with E-state index in [-0.39, 0.29) is 17.8 Å². The van der Waals surface area contributed by atoms with Gasteiger partial charge in [0.15, 0.2) is 0 Å². The summed E-state index contributed by atoms with van der Waals surface area (Å²) >= 11 is 1.42. The predicted octanol–water partition coefficient (Wildman–Crippen LogP) is 1.17. The largest absolute Gasteiger partial charge is 0.478 e. The first-order valence-corrected chi connectivity index (χ1v) is 5.96. The fraction of sp³-hybridized carbons (Fsp3) is 0.0909. The van der Waals surface area contributed by atoms with Gasteiger partial charge in [0, 0.05) is 11.6 Å². The highest BCUT2D eigenvalue weighted by Gasteiger charge is 2.17. The monoisotopic (exact) mass is 263 g/mol. The molecule has 0 saturated carbocycles. The Labute approximate surface area is 106 Å². The number of pyridine rings is 1. The maximum atomic E-state index is 11.8. The van der Waals surface area contributed by atoms with Crippen LogP contribution in [0.2, 0.25) is 0 Å². The summed E-state index contributed by atoms with van der Waals surface area (Å²) in [6, 6.07) is 2.81. The lowest BCUT2D eigenvalue weighted by molar-refractivity contribution is 0.0690. The van der Waals surface area contributed by atoms with E-state index in [0.717, 1.165) is 5.69 Å². The maximum Gasteiger partial charge on any atom is 0.338 e.